The third-order valence-electron chi connectivity index (χ3n) is 3.13. The minimum Gasteiger partial charge on any atom is -0.395 e. The zero-order chi connectivity index (χ0) is 11.6. The molecule has 0 aliphatic heterocycles. The monoisotopic (exact) mass is 208 g/mol. The molecule has 15 heavy (non-hydrogen) atoms. The van der Waals surface area contributed by atoms with E-state index in [1.165, 1.54) is 16.7 Å². The van der Waals surface area contributed by atoms with E-state index in [1.54, 1.807) is 0 Å². The van der Waals surface area contributed by atoms with E-state index in [-0.39, 0.29) is 12.6 Å². The lowest BCUT2D eigenvalue weighted by atomic mass is 9.92. The number of benzene rings is 1. The normalized spacial score (nSPS) is 15.1. The molecule has 1 aromatic carbocycles. The summed E-state index contributed by atoms with van der Waals surface area (Å²) < 4.78 is 0. The number of aliphatic hydroxyl groups is 1. The third-order valence-corrected chi connectivity index (χ3v) is 3.13. The van der Waals surface area contributed by atoms with Gasteiger partial charge in [-0.15, -0.1) is 0 Å². The fourth-order valence-corrected chi connectivity index (χ4v) is 1.68. The van der Waals surface area contributed by atoms with Gasteiger partial charge in [0.1, 0.15) is 0 Å². The number of rotatable bonds is 3. The van der Waals surface area contributed by atoms with Crippen LogP contribution in [0.25, 0.3) is 0 Å². The molecule has 0 bridgehead atoms. The summed E-state index contributed by atoms with van der Waals surface area (Å²) in [6, 6.07) is 3.35. The summed E-state index contributed by atoms with van der Waals surface area (Å²) in [5.74, 6) is 0. The van der Waals surface area contributed by atoms with Gasteiger partial charge < -0.3 is 16.6 Å². The van der Waals surface area contributed by atoms with Gasteiger partial charge in [-0.1, -0.05) is 12.1 Å². The summed E-state index contributed by atoms with van der Waals surface area (Å²) in [6.07, 6.45) is 0. The van der Waals surface area contributed by atoms with E-state index in [0.29, 0.717) is 0 Å². The second-order valence-electron chi connectivity index (χ2n) is 4.09. The van der Waals surface area contributed by atoms with Gasteiger partial charge in [0.05, 0.1) is 6.61 Å². The van der Waals surface area contributed by atoms with Crippen molar-refractivity contribution in [2.75, 3.05) is 6.61 Å². The highest BCUT2D eigenvalue weighted by Gasteiger charge is 2.17. The van der Waals surface area contributed by atoms with Gasteiger partial charge in [0.2, 0.25) is 0 Å². The van der Waals surface area contributed by atoms with E-state index >= 15 is 0 Å². The summed E-state index contributed by atoms with van der Waals surface area (Å²) in [7, 11) is 0. The molecule has 0 amide bonds. The first-order valence-electron chi connectivity index (χ1n) is 5.17. The largest absolute Gasteiger partial charge is 0.395 e. The molecule has 0 aromatic heterocycles. The lowest BCUT2D eigenvalue weighted by molar-refractivity contribution is 0.249. The molecular weight excluding hydrogens is 188 g/mol. The highest BCUT2D eigenvalue weighted by atomic mass is 16.3. The minimum absolute atomic E-state index is 0.0898. The first-order chi connectivity index (χ1) is 6.99. The zero-order valence-corrected chi connectivity index (χ0v) is 9.62. The van der Waals surface area contributed by atoms with Crippen molar-refractivity contribution >= 4 is 0 Å². The number of aryl methyl sites for hydroxylation is 1. The van der Waals surface area contributed by atoms with Crippen LogP contribution in [0.15, 0.2) is 12.1 Å². The molecule has 2 atom stereocenters. The third kappa shape index (κ3) is 2.37. The first-order valence-corrected chi connectivity index (χ1v) is 5.17. The molecule has 0 saturated carbocycles. The van der Waals surface area contributed by atoms with Gasteiger partial charge in [0.15, 0.2) is 0 Å². The van der Waals surface area contributed by atoms with Crippen LogP contribution in [0.5, 0.6) is 0 Å². The SMILES string of the molecule is Cc1ccc(C(N)C(N)CO)c(C)c1C. The Morgan fingerprint density at radius 1 is 1.13 bits per heavy atom. The first kappa shape index (κ1) is 12.2. The predicted octanol–water partition coefficient (Wildman–Crippen LogP) is 0.931. The maximum absolute atomic E-state index is 8.98. The molecule has 0 aliphatic carbocycles. The average Bonchev–Trinajstić information content (AvgIpc) is 2.24. The van der Waals surface area contributed by atoms with Crippen molar-refractivity contribution in [1.82, 2.24) is 0 Å². The van der Waals surface area contributed by atoms with Gasteiger partial charge >= 0.3 is 0 Å². The number of hydrogen-bond acceptors (Lipinski definition) is 3. The molecule has 0 fully saturated rings. The molecule has 2 unspecified atom stereocenters. The highest BCUT2D eigenvalue weighted by molar-refractivity contribution is 5.40. The van der Waals surface area contributed by atoms with E-state index in [9.17, 15) is 0 Å². The van der Waals surface area contributed by atoms with Crippen molar-refractivity contribution in [3.63, 3.8) is 0 Å². The van der Waals surface area contributed by atoms with Crippen LogP contribution in [0.4, 0.5) is 0 Å². The van der Waals surface area contributed by atoms with Crippen molar-refractivity contribution in [2.45, 2.75) is 32.9 Å². The molecule has 0 heterocycles. The van der Waals surface area contributed by atoms with Crippen molar-refractivity contribution in [3.05, 3.63) is 34.4 Å². The average molecular weight is 208 g/mol. The Balaban J connectivity index is 3.10. The zero-order valence-electron chi connectivity index (χ0n) is 9.62. The van der Waals surface area contributed by atoms with Crippen molar-refractivity contribution in [2.24, 2.45) is 11.5 Å². The van der Waals surface area contributed by atoms with Crippen molar-refractivity contribution in [3.8, 4) is 0 Å². The Labute approximate surface area is 91.1 Å². The number of hydrogen-bond donors (Lipinski definition) is 3. The fraction of sp³-hybridized carbons (Fsp3) is 0.500. The molecule has 1 rings (SSSR count). The molecule has 0 aliphatic rings. The summed E-state index contributed by atoms with van der Waals surface area (Å²) >= 11 is 0. The van der Waals surface area contributed by atoms with Crippen LogP contribution in [0.3, 0.4) is 0 Å². The van der Waals surface area contributed by atoms with E-state index in [0.717, 1.165) is 5.56 Å². The van der Waals surface area contributed by atoms with Gasteiger partial charge in [0, 0.05) is 12.1 Å². The molecule has 3 heteroatoms. The molecule has 3 nitrogen and oxygen atoms in total. The second kappa shape index (κ2) is 4.75. The summed E-state index contributed by atoms with van der Waals surface area (Å²) in [6.45, 7) is 6.10. The Kier molecular flexibility index (Phi) is 3.85. The fourth-order valence-electron chi connectivity index (χ4n) is 1.68. The molecule has 0 radical (unpaired) electrons. The maximum atomic E-state index is 8.98. The van der Waals surface area contributed by atoms with E-state index in [2.05, 4.69) is 13.8 Å². The lowest BCUT2D eigenvalue weighted by Gasteiger charge is -2.21. The summed E-state index contributed by atoms with van der Waals surface area (Å²) in [5.41, 5.74) is 16.4. The van der Waals surface area contributed by atoms with Crippen molar-refractivity contribution in [1.29, 1.82) is 0 Å². The lowest BCUT2D eigenvalue weighted by Crippen LogP contribution is -2.37. The van der Waals surface area contributed by atoms with E-state index in [4.69, 9.17) is 16.6 Å². The van der Waals surface area contributed by atoms with Gasteiger partial charge in [0.25, 0.3) is 0 Å². The number of aliphatic hydroxyl groups excluding tert-OH is 1. The van der Waals surface area contributed by atoms with Crippen LogP contribution in [0, 0.1) is 20.8 Å². The Morgan fingerprint density at radius 2 is 1.73 bits per heavy atom. The molecule has 1 aromatic rings. The Bertz CT molecular complexity index is 350. The maximum Gasteiger partial charge on any atom is 0.0601 e. The predicted molar refractivity (Wildman–Crippen MR) is 62.6 cm³/mol. The van der Waals surface area contributed by atoms with Crippen LogP contribution in [0.1, 0.15) is 28.3 Å². The van der Waals surface area contributed by atoms with Crippen LogP contribution < -0.4 is 11.5 Å². The smallest absolute Gasteiger partial charge is 0.0601 e. The van der Waals surface area contributed by atoms with Gasteiger partial charge in [-0.2, -0.15) is 0 Å². The van der Waals surface area contributed by atoms with E-state index < -0.39 is 6.04 Å². The molecular formula is C12H20N2O. The summed E-state index contributed by atoms with van der Waals surface area (Å²) in [4.78, 5) is 0. The Morgan fingerprint density at radius 3 is 2.27 bits per heavy atom. The van der Waals surface area contributed by atoms with Crippen LogP contribution in [0.2, 0.25) is 0 Å². The second-order valence-corrected chi connectivity index (χ2v) is 4.09. The molecule has 5 N–H and O–H groups in total. The van der Waals surface area contributed by atoms with Gasteiger partial charge in [-0.3, -0.25) is 0 Å². The molecule has 84 valence electrons. The van der Waals surface area contributed by atoms with Gasteiger partial charge in [-0.05, 0) is 43.0 Å². The summed E-state index contributed by atoms with van der Waals surface area (Å²) in [5, 5.41) is 8.98. The van der Waals surface area contributed by atoms with Crippen LogP contribution >= 0.6 is 0 Å². The molecule has 0 saturated heterocycles. The standard InChI is InChI=1S/C12H20N2O/c1-7-4-5-10(9(3)8(7)2)12(14)11(13)6-15/h4-5,11-12,15H,6,13-14H2,1-3H3. The van der Waals surface area contributed by atoms with Crippen molar-refractivity contribution < 1.29 is 5.11 Å². The quantitative estimate of drug-likeness (QED) is 0.692. The van der Waals surface area contributed by atoms with E-state index in [1.807, 2.05) is 19.1 Å². The Hall–Kier alpha value is -0.900. The minimum atomic E-state index is -0.397. The topological polar surface area (TPSA) is 72.3 Å². The van der Waals surface area contributed by atoms with Gasteiger partial charge in [-0.25, -0.2) is 0 Å². The van der Waals surface area contributed by atoms with Crippen LogP contribution in [-0.2, 0) is 0 Å². The van der Waals surface area contributed by atoms with Crippen LogP contribution in [-0.4, -0.2) is 17.8 Å². The molecule has 0 spiro atoms. The highest BCUT2D eigenvalue weighted by Crippen LogP contribution is 2.22. The number of nitrogens with two attached hydrogens (primary N) is 2.